The van der Waals surface area contributed by atoms with Crippen LogP contribution in [-0.4, -0.2) is 45.6 Å². The first-order valence-electron chi connectivity index (χ1n) is 8.09. The summed E-state index contributed by atoms with van der Waals surface area (Å²) in [7, 11) is -2.58. The number of ether oxygens (including phenoxy) is 1. The van der Waals surface area contributed by atoms with Crippen LogP contribution in [0.5, 0.6) is 0 Å². The summed E-state index contributed by atoms with van der Waals surface area (Å²) in [5.41, 5.74) is 0.578. The normalized spacial score (nSPS) is 26.1. The molecule has 2 aliphatic rings. The number of piperidine rings is 1. The molecule has 0 aliphatic carbocycles. The predicted octanol–water partition coefficient (Wildman–Crippen LogP) is 1.79. The molecule has 8 nitrogen and oxygen atoms in total. The lowest BCUT2D eigenvalue weighted by Gasteiger charge is -2.44. The number of carbonyl (C=O) groups excluding carboxylic acids is 2. The van der Waals surface area contributed by atoms with Crippen LogP contribution in [-0.2, 0) is 14.1 Å². The molecule has 0 saturated carbocycles. The number of nitrogens with zero attached hydrogens (tertiary/aromatic N) is 1. The van der Waals surface area contributed by atoms with E-state index in [2.05, 4.69) is 9.84 Å². The number of hydrogen-bond donors (Lipinski definition) is 3. The Morgan fingerprint density at radius 2 is 2.08 bits per heavy atom. The Morgan fingerprint density at radius 1 is 1.32 bits per heavy atom. The van der Waals surface area contributed by atoms with Gasteiger partial charge in [-0.25, -0.2) is 4.79 Å². The number of hydrogen-bond acceptors (Lipinski definition) is 6. The maximum absolute atomic E-state index is 12.5. The second-order valence-corrected chi connectivity index (χ2v) is 7.10. The van der Waals surface area contributed by atoms with Gasteiger partial charge in [0.25, 0.3) is 0 Å². The van der Waals surface area contributed by atoms with Gasteiger partial charge < -0.3 is 19.8 Å². The Balaban J connectivity index is 1.76. The number of likely N-dealkylation sites (tertiary alicyclic amines) is 1. The standard InChI is InChI=1S/C16H21N2O6P/c19-14-7-9-16(17-14)8-6-13(12-4-2-1-3-5-12)18(10-16)15(20)23-11-24-25(21)22/h1-5,13,21-22H,6-11H2,(H,17,19). The van der Waals surface area contributed by atoms with Crippen molar-refractivity contribution in [2.75, 3.05) is 13.3 Å². The Morgan fingerprint density at radius 3 is 2.72 bits per heavy atom. The summed E-state index contributed by atoms with van der Waals surface area (Å²) < 4.78 is 9.54. The first-order valence-corrected chi connectivity index (χ1v) is 9.26. The third-order valence-electron chi connectivity index (χ3n) is 4.75. The van der Waals surface area contributed by atoms with Crippen molar-refractivity contribution < 1.29 is 28.6 Å². The highest BCUT2D eigenvalue weighted by Crippen LogP contribution is 2.39. The van der Waals surface area contributed by atoms with Crippen molar-refractivity contribution >= 4 is 20.6 Å². The lowest BCUT2D eigenvalue weighted by atomic mass is 9.82. The van der Waals surface area contributed by atoms with Gasteiger partial charge in [0.05, 0.1) is 11.6 Å². The smallest absolute Gasteiger partial charge is 0.412 e. The molecular weight excluding hydrogens is 347 g/mol. The van der Waals surface area contributed by atoms with Crippen molar-refractivity contribution in [1.82, 2.24) is 10.2 Å². The molecule has 0 bridgehead atoms. The molecule has 2 fully saturated rings. The quantitative estimate of drug-likeness (QED) is 0.552. The van der Waals surface area contributed by atoms with Gasteiger partial charge >= 0.3 is 14.7 Å². The number of amides is 2. The molecule has 2 saturated heterocycles. The van der Waals surface area contributed by atoms with E-state index in [9.17, 15) is 9.59 Å². The fraction of sp³-hybridized carbons (Fsp3) is 0.500. The van der Waals surface area contributed by atoms with Crippen molar-refractivity contribution in [1.29, 1.82) is 0 Å². The van der Waals surface area contributed by atoms with Crippen LogP contribution in [0.2, 0.25) is 0 Å². The molecule has 2 aliphatic heterocycles. The molecule has 3 rings (SSSR count). The van der Waals surface area contributed by atoms with E-state index >= 15 is 0 Å². The summed E-state index contributed by atoms with van der Waals surface area (Å²) in [6, 6.07) is 9.47. The van der Waals surface area contributed by atoms with Crippen molar-refractivity contribution in [3.05, 3.63) is 35.9 Å². The fourth-order valence-corrected chi connectivity index (χ4v) is 3.73. The monoisotopic (exact) mass is 368 g/mol. The third-order valence-corrected chi connectivity index (χ3v) is 5.09. The first-order chi connectivity index (χ1) is 12.0. The molecule has 2 heterocycles. The van der Waals surface area contributed by atoms with Gasteiger partial charge in [-0.2, -0.15) is 0 Å². The van der Waals surface area contributed by atoms with Crippen LogP contribution in [0.25, 0.3) is 0 Å². The average molecular weight is 368 g/mol. The van der Waals surface area contributed by atoms with Crippen LogP contribution >= 0.6 is 8.60 Å². The number of rotatable bonds is 4. The van der Waals surface area contributed by atoms with Gasteiger partial charge in [-0.3, -0.25) is 14.2 Å². The molecule has 1 aromatic rings. The van der Waals surface area contributed by atoms with Gasteiger partial charge in [0.15, 0.2) is 0 Å². The minimum atomic E-state index is -2.58. The first kappa shape index (κ1) is 18.1. The molecule has 1 spiro atoms. The van der Waals surface area contributed by atoms with Crippen molar-refractivity contribution in [2.45, 2.75) is 37.3 Å². The highest BCUT2D eigenvalue weighted by molar-refractivity contribution is 7.39. The summed E-state index contributed by atoms with van der Waals surface area (Å²) in [5.74, 6) is 0.000939. The second kappa shape index (κ2) is 7.66. The van der Waals surface area contributed by atoms with E-state index in [0.717, 1.165) is 12.0 Å². The van der Waals surface area contributed by atoms with Gasteiger partial charge in [0, 0.05) is 13.0 Å². The third kappa shape index (κ3) is 4.27. The Kier molecular flexibility index (Phi) is 5.54. The lowest BCUT2D eigenvalue weighted by Crippen LogP contribution is -2.57. The van der Waals surface area contributed by atoms with Crippen molar-refractivity contribution in [3.63, 3.8) is 0 Å². The minimum Gasteiger partial charge on any atom is -0.422 e. The zero-order valence-electron chi connectivity index (χ0n) is 13.6. The minimum absolute atomic E-state index is 0.000939. The van der Waals surface area contributed by atoms with Gasteiger partial charge in [-0.15, -0.1) is 0 Å². The average Bonchev–Trinajstić information content (AvgIpc) is 2.95. The molecule has 2 amide bonds. The Bertz CT molecular complexity index is 628. The van der Waals surface area contributed by atoms with Crippen LogP contribution < -0.4 is 5.32 Å². The van der Waals surface area contributed by atoms with E-state index in [0.29, 0.717) is 25.8 Å². The Hall–Kier alpha value is -1.73. The molecule has 3 N–H and O–H groups in total. The molecule has 0 radical (unpaired) electrons. The molecule has 1 aromatic carbocycles. The highest BCUT2D eigenvalue weighted by atomic mass is 31.2. The van der Waals surface area contributed by atoms with Crippen molar-refractivity contribution in [3.8, 4) is 0 Å². The van der Waals surface area contributed by atoms with Crippen LogP contribution in [0.3, 0.4) is 0 Å². The summed E-state index contributed by atoms with van der Waals surface area (Å²) in [6.45, 7) is -0.181. The molecule has 25 heavy (non-hydrogen) atoms. The van der Waals surface area contributed by atoms with Crippen molar-refractivity contribution in [2.24, 2.45) is 0 Å². The van der Waals surface area contributed by atoms with Gasteiger partial charge in [0.2, 0.25) is 12.7 Å². The van der Waals surface area contributed by atoms with Crippen LogP contribution in [0.1, 0.15) is 37.3 Å². The van der Waals surface area contributed by atoms with E-state index in [4.69, 9.17) is 14.5 Å². The molecule has 9 heteroatoms. The molecular formula is C16H21N2O6P. The molecule has 136 valence electrons. The maximum Gasteiger partial charge on any atom is 0.412 e. The Labute approximate surface area is 146 Å². The van der Waals surface area contributed by atoms with E-state index in [1.165, 1.54) is 0 Å². The topological polar surface area (TPSA) is 108 Å². The lowest BCUT2D eigenvalue weighted by molar-refractivity contribution is -0.120. The molecule has 2 atom stereocenters. The van der Waals surface area contributed by atoms with Crippen LogP contribution in [0.15, 0.2) is 30.3 Å². The van der Waals surface area contributed by atoms with E-state index < -0.39 is 27.0 Å². The van der Waals surface area contributed by atoms with Crippen LogP contribution in [0.4, 0.5) is 4.79 Å². The zero-order valence-corrected chi connectivity index (χ0v) is 14.5. The van der Waals surface area contributed by atoms with Gasteiger partial charge in [-0.05, 0) is 24.8 Å². The molecule has 2 unspecified atom stereocenters. The van der Waals surface area contributed by atoms with Gasteiger partial charge in [-0.1, -0.05) is 30.3 Å². The second-order valence-electron chi connectivity index (χ2n) is 6.33. The zero-order chi connectivity index (χ0) is 17.9. The van der Waals surface area contributed by atoms with E-state index in [-0.39, 0.29) is 11.9 Å². The largest absolute Gasteiger partial charge is 0.422 e. The fourth-order valence-electron chi connectivity index (χ4n) is 3.58. The van der Waals surface area contributed by atoms with E-state index in [1.807, 2.05) is 30.3 Å². The SMILES string of the molecule is O=C1CCC2(CCC(c3ccccc3)N(C(=O)OCOP(O)O)C2)N1. The van der Waals surface area contributed by atoms with Crippen LogP contribution in [0, 0.1) is 0 Å². The maximum atomic E-state index is 12.5. The highest BCUT2D eigenvalue weighted by Gasteiger charge is 2.46. The van der Waals surface area contributed by atoms with E-state index in [1.54, 1.807) is 4.90 Å². The summed E-state index contributed by atoms with van der Waals surface area (Å²) in [6.07, 6.45) is 2.03. The number of benzene rings is 1. The number of carbonyl (C=O) groups is 2. The number of nitrogens with one attached hydrogen (secondary N) is 1. The summed E-state index contributed by atoms with van der Waals surface area (Å²) in [4.78, 5) is 43.3. The predicted molar refractivity (Wildman–Crippen MR) is 89.0 cm³/mol. The molecule has 0 aromatic heterocycles. The van der Waals surface area contributed by atoms with Gasteiger partial charge in [0.1, 0.15) is 0 Å². The summed E-state index contributed by atoms with van der Waals surface area (Å²) in [5, 5.41) is 3.00. The summed E-state index contributed by atoms with van der Waals surface area (Å²) >= 11 is 0.